The van der Waals surface area contributed by atoms with E-state index in [4.69, 9.17) is 9.15 Å². The van der Waals surface area contributed by atoms with Crippen LogP contribution in [0.5, 0.6) is 5.95 Å². The van der Waals surface area contributed by atoms with Crippen LogP contribution in [0.3, 0.4) is 0 Å². The molecule has 0 unspecified atom stereocenters. The molecule has 26 heavy (non-hydrogen) atoms. The number of furan rings is 1. The van der Waals surface area contributed by atoms with Gasteiger partial charge in [-0.2, -0.15) is 0 Å². The van der Waals surface area contributed by atoms with Crippen molar-refractivity contribution in [3.05, 3.63) is 65.9 Å². The number of methoxy groups -OCH3 is 1. The van der Waals surface area contributed by atoms with E-state index in [1.165, 1.54) is 17.9 Å². The van der Waals surface area contributed by atoms with Crippen LogP contribution in [0.25, 0.3) is 10.8 Å². The molecule has 5 heteroatoms. The summed E-state index contributed by atoms with van der Waals surface area (Å²) in [7, 11) is 1.49. The number of amides is 1. The highest BCUT2D eigenvalue weighted by molar-refractivity contribution is 5.91. The molecule has 1 fully saturated rings. The number of ether oxygens (including phenoxy) is 1. The van der Waals surface area contributed by atoms with Gasteiger partial charge in [-0.3, -0.25) is 4.79 Å². The highest BCUT2D eigenvalue weighted by Crippen LogP contribution is 2.31. The van der Waals surface area contributed by atoms with Crippen molar-refractivity contribution >= 4 is 16.7 Å². The standard InChI is InChI=1S/C21H21NO4/c1-25-20-9-8-19(26-20)21(24)22-11-10-17(18(23)13-22)16-7-6-14-4-2-3-5-15(14)12-16/h2-9,12,17-18,23H,10-11,13H2,1H3/t17-,18+/m1/s1. The molecule has 0 bridgehead atoms. The molecule has 0 saturated carbocycles. The van der Waals surface area contributed by atoms with Crippen LogP contribution < -0.4 is 4.74 Å². The van der Waals surface area contributed by atoms with E-state index in [9.17, 15) is 9.90 Å². The Labute approximate surface area is 151 Å². The van der Waals surface area contributed by atoms with Gasteiger partial charge in [-0.1, -0.05) is 42.5 Å². The third kappa shape index (κ3) is 3.06. The Bertz CT molecular complexity index is 932. The van der Waals surface area contributed by atoms with Crippen LogP contribution in [0.1, 0.15) is 28.5 Å². The van der Waals surface area contributed by atoms with E-state index in [1.54, 1.807) is 17.0 Å². The molecule has 4 rings (SSSR count). The first kappa shape index (κ1) is 16.7. The monoisotopic (exact) mass is 351 g/mol. The van der Waals surface area contributed by atoms with Gasteiger partial charge in [0.25, 0.3) is 11.9 Å². The van der Waals surface area contributed by atoms with Gasteiger partial charge in [0.15, 0.2) is 5.76 Å². The Balaban J connectivity index is 1.49. The Kier molecular flexibility index (Phi) is 4.39. The summed E-state index contributed by atoms with van der Waals surface area (Å²) in [6.07, 6.45) is 0.106. The van der Waals surface area contributed by atoms with Crippen LogP contribution in [-0.2, 0) is 0 Å². The SMILES string of the molecule is COc1ccc(C(=O)N2CC[C@H](c3ccc4ccccc4c3)[C@@H](O)C2)o1. The second-order valence-electron chi connectivity index (χ2n) is 6.64. The van der Waals surface area contributed by atoms with E-state index in [0.717, 1.165) is 5.56 Å². The van der Waals surface area contributed by atoms with Gasteiger partial charge in [0.2, 0.25) is 0 Å². The van der Waals surface area contributed by atoms with E-state index in [2.05, 4.69) is 30.3 Å². The minimum atomic E-state index is -0.606. The van der Waals surface area contributed by atoms with E-state index in [-0.39, 0.29) is 17.6 Å². The predicted octanol–water partition coefficient (Wildman–Crippen LogP) is 3.43. The van der Waals surface area contributed by atoms with Crippen LogP contribution in [0, 0.1) is 0 Å². The average molecular weight is 351 g/mol. The molecule has 2 heterocycles. The van der Waals surface area contributed by atoms with E-state index >= 15 is 0 Å². The molecule has 5 nitrogen and oxygen atoms in total. The molecule has 2 atom stereocenters. The molecule has 134 valence electrons. The van der Waals surface area contributed by atoms with Gasteiger partial charge in [-0.05, 0) is 28.8 Å². The van der Waals surface area contributed by atoms with Gasteiger partial charge in [-0.25, -0.2) is 0 Å². The Morgan fingerprint density at radius 3 is 2.69 bits per heavy atom. The lowest BCUT2D eigenvalue weighted by Crippen LogP contribution is -2.45. The van der Waals surface area contributed by atoms with Crippen LogP contribution in [0.4, 0.5) is 0 Å². The summed E-state index contributed by atoms with van der Waals surface area (Å²) < 4.78 is 10.3. The molecule has 3 aromatic rings. The summed E-state index contributed by atoms with van der Waals surface area (Å²) in [5, 5.41) is 13.0. The van der Waals surface area contributed by atoms with Gasteiger partial charge in [0.1, 0.15) is 0 Å². The van der Waals surface area contributed by atoms with Gasteiger partial charge in [-0.15, -0.1) is 0 Å². The highest BCUT2D eigenvalue weighted by Gasteiger charge is 2.32. The maximum atomic E-state index is 12.6. The van der Waals surface area contributed by atoms with Crippen molar-refractivity contribution in [1.82, 2.24) is 4.90 Å². The number of rotatable bonds is 3. The second-order valence-corrected chi connectivity index (χ2v) is 6.64. The summed E-state index contributed by atoms with van der Waals surface area (Å²) in [5.74, 6) is 0.345. The van der Waals surface area contributed by atoms with E-state index in [1.807, 2.05) is 12.1 Å². The third-order valence-electron chi connectivity index (χ3n) is 5.06. The minimum Gasteiger partial charge on any atom is -0.468 e. The normalized spacial score (nSPS) is 20.3. The van der Waals surface area contributed by atoms with Crippen molar-refractivity contribution < 1.29 is 19.1 Å². The molecule has 1 saturated heterocycles. The molecule has 1 amide bonds. The molecule has 1 aliphatic rings. The van der Waals surface area contributed by atoms with Crippen molar-refractivity contribution in [2.45, 2.75) is 18.4 Å². The largest absolute Gasteiger partial charge is 0.468 e. The number of fused-ring (bicyclic) bond motifs is 1. The third-order valence-corrected chi connectivity index (χ3v) is 5.06. The van der Waals surface area contributed by atoms with Crippen molar-refractivity contribution in [2.24, 2.45) is 0 Å². The average Bonchev–Trinajstić information content (AvgIpc) is 3.16. The molecule has 1 aromatic heterocycles. The van der Waals surface area contributed by atoms with Crippen molar-refractivity contribution in [3.8, 4) is 5.95 Å². The van der Waals surface area contributed by atoms with Gasteiger partial charge < -0.3 is 19.2 Å². The first-order valence-corrected chi connectivity index (χ1v) is 8.75. The number of hydrogen-bond acceptors (Lipinski definition) is 4. The van der Waals surface area contributed by atoms with Crippen molar-refractivity contribution in [1.29, 1.82) is 0 Å². The number of nitrogens with zero attached hydrogens (tertiary/aromatic N) is 1. The number of benzene rings is 2. The van der Waals surface area contributed by atoms with Gasteiger partial charge in [0, 0.05) is 25.1 Å². The van der Waals surface area contributed by atoms with E-state index < -0.39 is 6.10 Å². The maximum absolute atomic E-state index is 12.6. The predicted molar refractivity (Wildman–Crippen MR) is 98.5 cm³/mol. The summed E-state index contributed by atoms with van der Waals surface area (Å²) >= 11 is 0. The van der Waals surface area contributed by atoms with E-state index in [0.29, 0.717) is 25.5 Å². The maximum Gasteiger partial charge on any atom is 0.289 e. The summed E-state index contributed by atoms with van der Waals surface area (Å²) in [5.41, 5.74) is 1.11. The molecule has 0 radical (unpaired) electrons. The zero-order valence-corrected chi connectivity index (χ0v) is 14.6. The lowest BCUT2D eigenvalue weighted by molar-refractivity contribution is 0.0357. The topological polar surface area (TPSA) is 62.9 Å². The number of carbonyl (C=O) groups excluding carboxylic acids is 1. The number of carbonyl (C=O) groups is 1. The number of likely N-dealkylation sites (tertiary alicyclic amines) is 1. The quantitative estimate of drug-likeness (QED) is 0.785. The molecular weight excluding hydrogens is 330 g/mol. The zero-order valence-electron chi connectivity index (χ0n) is 14.6. The second kappa shape index (κ2) is 6.84. The minimum absolute atomic E-state index is 0.0230. The lowest BCUT2D eigenvalue weighted by Gasteiger charge is -2.35. The molecule has 0 aliphatic carbocycles. The van der Waals surface area contributed by atoms with Gasteiger partial charge in [0.05, 0.1) is 13.2 Å². The Hall–Kier alpha value is -2.79. The van der Waals surface area contributed by atoms with Crippen LogP contribution in [0.15, 0.2) is 59.0 Å². The fourth-order valence-electron chi connectivity index (χ4n) is 3.64. The Morgan fingerprint density at radius 1 is 1.15 bits per heavy atom. The van der Waals surface area contributed by atoms with Crippen LogP contribution >= 0.6 is 0 Å². The van der Waals surface area contributed by atoms with Gasteiger partial charge >= 0.3 is 0 Å². The molecule has 1 aliphatic heterocycles. The van der Waals surface area contributed by atoms with Crippen LogP contribution in [0.2, 0.25) is 0 Å². The Morgan fingerprint density at radius 2 is 1.96 bits per heavy atom. The summed E-state index contributed by atoms with van der Waals surface area (Å²) in [6.45, 7) is 0.871. The number of aliphatic hydroxyl groups excluding tert-OH is 1. The first-order chi connectivity index (χ1) is 12.7. The zero-order chi connectivity index (χ0) is 18.1. The summed E-state index contributed by atoms with van der Waals surface area (Å²) in [4.78, 5) is 14.2. The summed E-state index contributed by atoms with van der Waals surface area (Å²) in [6, 6.07) is 17.7. The number of piperidine rings is 1. The highest BCUT2D eigenvalue weighted by atomic mass is 16.6. The molecule has 2 aromatic carbocycles. The molecular formula is C21H21NO4. The fraction of sp³-hybridized carbons (Fsp3) is 0.286. The molecule has 1 N–H and O–H groups in total. The smallest absolute Gasteiger partial charge is 0.289 e. The van der Waals surface area contributed by atoms with Crippen molar-refractivity contribution in [3.63, 3.8) is 0 Å². The number of β-amino-alcohol motifs (C(OH)–C–C–N with tert-alkyl or cyclic N) is 1. The lowest BCUT2D eigenvalue weighted by atomic mass is 9.86. The molecule has 0 spiro atoms. The first-order valence-electron chi connectivity index (χ1n) is 8.75. The van der Waals surface area contributed by atoms with Crippen LogP contribution in [-0.4, -0.2) is 42.2 Å². The van der Waals surface area contributed by atoms with Crippen molar-refractivity contribution in [2.75, 3.05) is 20.2 Å². The fourth-order valence-corrected chi connectivity index (χ4v) is 3.64. The number of aliphatic hydroxyl groups is 1. The number of hydrogen-bond donors (Lipinski definition) is 1.